The number of benzene rings is 1. The third-order valence-electron chi connectivity index (χ3n) is 2.23. The van der Waals surface area contributed by atoms with Gasteiger partial charge >= 0.3 is 5.97 Å². The third kappa shape index (κ3) is 5.25. The average Bonchev–Trinajstić information content (AvgIpc) is 2.32. The van der Waals surface area contributed by atoms with E-state index in [1.165, 1.54) is 6.92 Å². The summed E-state index contributed by atoms with van der Waals surface area (Å²) in [5, 5.41) is 10.9. The first-order valence-electron chi connectivity index (χ1n) is 5.45. The largest absolute Gasteiger partial charge is 0.481 e. The first-order chi connectivity index (χ1) is 8.90. The van der Waals surface area contributed by atoms with Crippen LogP contribution in [0.1, 0.15) is 6.92 Å². The standard InChI is InChI=1S/C12H13F2NO3S/c1-7(12(17)18)5-19-6-11(16)15-10-3-2-8(13)4-9(10)14/h2-4,7H,5-6H2,1H3,(H,15,16)(H,17,18). The Bertz CT molecular complexity index is 482. The van der Waals surface area contributed by atoms with Crippen LogP contribution in [0.25, 0.3) is 0 Å². The van der Waals surface area contributed by atoms with E-state index < -0.39 is 29.4 Å². The number of anilines is 1. The van der Waals surface area contributed by atoms with Crippen molar-refractivity contribution in [3.05, 3.63) is 29.8 Å². The van der Waals surface area contributed by atoms with Crippen molar-refractivity contribution in [1.82, 2.24) is 0 Å². The van der Waals surface area contributed by atoms with Gasteiger partial charge in [0.05, 0.1) is 17.4 Å². The Kier molecular flexibility index (Phi) is 5.75. The molecule has 0 aliphatic rings. The second kappa shape index (κ2) is 7.08. The van der Waals surface area contributed by atoms with Gasteiger partial charge in [0.15, 0.2) is 0 Å². The number of aliphatic carboxylic acids is 1. The second-order valence-electron chi connectivity index (χ2n) is 3.93. The summed E-state index contributed by atoms with van der Waals surface area (Å²) in [4.78, 5) is 22.0. The molecule has 1 atom stereocenters. The van der Waals surface area contributed by atoms with Crippen LogP contribution in [0.5, 0.6) is 0 Å². The molecule has 7 heteroatoms. The van der Waals surface area contributed by atoms with Gasteiger partial charge in [0.25, 0.3) is 0 Å². The molecule has 1 unspecified atom stereocenters. The summed E-state index contributed by atoms with van der Waals surface area (Å²) in [5.41, 5.74) is -0.0988. The molecule has 2 N–H and O–H groups in total. The molecule has 0 aliphatic carbocycles. The summed E-state index contributed by atoms with van der Waals surface area (Å²) in [6.45, 7) is 1.53. The van der Waals surface area contributed by atoms with Crippen molar-refractivity contribution < 1.29 is 23.5 Å². The smallest absolute Gasteiger partial charge is 0.307 e. The minimum absolute atomic E-state index is 0.00837. The van der Waals surface area contributed by atoms with E-state index in [0.717, 1.165) is 23.9 Å². The van der Waals surface area contributed by atoms with Crippen LogP contribution >= 0.6 is 11.8 Å². The Hall–Kier alpha value is -1.63. The van der Waals surface area contributed by atoms with Crippen molar-refractivity contribution in [1.29, 1.82) is 0 Å². The summed E-state index contributed by atoms with van der Waals surface area (Å²) < 4.78 is 25.9. The number of nitrogens with one attached hydrogen (secondary N) is 1. The Labute approximate surface area is 113 Å². The van der Waals surface area contributed by atoms with E-state index in [1.54, 1.807) is 0 Å². The molecule has 4 nitrogen and oxygen atoms in total. The van der Waals surface area contributed by atoms with Gasteiger partial charge in [-0.05, 0) is 12.1 Å². The zero-order valence-corrected chi connectivity index (χ0v) is 11.0. The predicted molar refractivity (Wildman–Crippen MR) is 69.1 cm³/mol. The topological polar surface area (TPSA) is 66.4 Å². The quantitative estimate of drug-likeness (QED) is 0.843. The van der Waals surface area contributed by atoms with Gasteiger partial charge in [-0.1, -0.05) is 6.92 Å². The Morgan fingerprint density at radius 1 is 1.42 bits per heavy atom. The molecule has 19 heavy (non-hydrogen) atoms. The maximum atomic E-state index is 13.2. The maximum Gasteiger partial charge on any atom is 0.307 e. The molecule has 1 amide bonds. The molecule has 1 aromatic carbocycles. The molecule has 0 aromatic heterocycles. The Morgan fingerprint density at radius 2 is 2.11 bits per heavy atom. The highest BCUT2D eigenvalue weighted by Gasteiger charge is 2.12. The zero-order chi connectivity index (χ0) is 14.4. The number of hydrogen-bond acceptors (Lipinski definition) is 3. The lowest BCUT2D eigenvalue weighted by Gasteiger charge is -2.07. The van der Waals surface area contributed by atoms with Crippen LogP contribution in [0.15, 0.2) is 18.2 Å². The number of rotatable bonds is 6. The lowest BCUT2D eigenvalue weighted by atomic mass is 10.2. The number of amides is 1. The number of carboxylic acids is 1. The van der Waals surface area contributed by atoms with E-state index in [2.05, 4.69) is 5.32 Å². The fourth-order valence-electron chi connectivity index (χ4n) is 1.18. The normalized spacial score (nSPS) is 11.9. The highest BCUT2D eigenvalue weighted by Crippen LogP contribution is 2.16. The van der Waals surface area contributed by atoms with Gasteiger partial charge in [-0.15, -0.1) is 0 Å². The van der Waals surface area contributed by atoms with Gasteiger partial charge in [-0.2, -0.15) is 11.8 Å². The van der Waals surface area contributed by atoms with E-state index in [4.69, 9.17) is 5.11 Å². The fourth-order valence-corrected chi connectivity index (χ4v) is 2.05. The van der Waals surface area contributed by atoms with Crippen LogP contribution in [0.3, 0.4) is 0 Å². The average molecular weight is 289 g/mol. The first-order valence-corrected chi connectivity index (χ1v) is 6.61. The van der Waals surface area contributed by atoms with Gasteiger partial charge < -0.3 is 10.4 Å². The maximum absolute atomic E-state index is 13.2. The van der Waals surface area contributed by atoms with Crippen LogP contribution in [-0.4, -0.2) is 28.5 Å². The summed E-state index contributed by atoms with van der Waals surface area (Å²) in [6, 6.07) is 2.85. The fraction of sp³-hybridized carbons (Fsp3) is 0.333. The number of carbonyl (C=O) groups is 2. The van der Waals surface area contributed by atoms with Gasteiger partial charge in [0, 0.05) is 11.8 Å². The van der Waals surface area contributed by atoms with Crippen molar-refractivity contribution in [2.24, 2.45) is 5.92 Å². The minimum Gasteiger partial charge on any atom is -0.481 e. The van der Waals surface area contributed by atoms with E-state index in [-0.39, 0.29) is 17.2 Å². The van der Waals surface area contributed by atoms with Crippen LogP contribution in [-0.2, 0) is 9.59 Å². The van der Waals surface area contributed by atoms with Crippen LogP contribution in [0, 0.1) is 17.6 Å². The Morgan fingerprint density at radius 3 is 2.68 bits per heavy atom. The molecule has 0 heterocycles. The molecule has 0 aliphatic heterocycles. The van der Waals surface area contributed by atoms with Crippen molar-refractivity contribution in [2.45, 2.75) is 6.92 Å². The van der Waals surface area contributed by atoms with Crippen LogP contribution < -0.4 is 5.32 Å². The van der Waals surface area contributed by atoms with Gasteiger partial charge in [-0.3, -0.25) is 9.59 Å². The van der Waals surface area contributed by atoms with E-state index in [9.17, 15) is 18.4 Å². The number of thioether (sulfide) groups is 1. The molecule has 1 rings (SSSR count). The molecule has 0 spiro atoms. The molecule has 104 valence electrons. The van der Waals surface area contributed by atoms with Crippen molar-refractivity contribution in [2.75, 3.05) is 16.8 Å². The molecule has 1 aromatic rings. The Balaban J connectivity index is 2.41. The molecule has 0 saturated carbocycles. The predicted octanol–water partition coefficient (Wildman–Crippen LogP) is 2.36. The highest BCUT2D eigenvalue weighted by atomic mass is 32.2. The number of halogens is 2. The SMILES string of the molecule is CC(CSCC(=O)Nc1ccc(F)cc1F)C(=O)O. The minimum atomic E-state index is -0.933. The van der Waals surface area contributed by atoms with E-state index >= 15 is 0 Å². The van der Waals surface area contributed by atoms with Crippen molar-refractivity contribution in [3.63, 3.8) is 0 Å². The summed E-state index contributed by atoms with van der Waals surface area (Å²) in [5.74, 6) is -3.23. The van der Waals surface area contributed by atoms with Crippen LogP contribution in [0.4, 0.5) is 14.5 Å². The third-order valence-corrected chi connectivity index (χ3v) is 3.43. The molecule has 0 radical (unpaired) electrons. The van der Waals surface area contributed by atoms with Crippen molar-refractivity contribution >= 4 is 29.3 Å². The van der Waals surface area contributed by atoms with Gasteiger partial charge in [0.1, 0.15) is 11.6 Å². The van der Waals surface area contributed by atoms with Crippen molar-refractivity contribution in [3.8, 4) is 0 Å². The molecule has 0 saturated heterocycles. The van der Waals surface area contributed by atoms with E-state index in [0.29, 0.717) is 6.07 Å². The zero-order valence-electron chi connectivity index (χ0n) is 10.2. The molecule has 0 bridgehead atoms. The second-order valence-corrected chi connectivity index (χ2v) is 4.96. The summed E-state index contributed by atoms with van der Waals surface area (Å²) in [6.07, 6.45) is 0. The number of carboxylic acid groups (broad SMARTS) is 1. The van der Waals surface area contributed by atoms with Gasteiger partial charge in [0.2, 0.25) is 5.91 Å². The molecular formula is C12H13F2NO3S. The monoisotopic (exact) mass is 289 g/mol. The number of carbonyl (C=O) groups excluding carboxylic acids is 1. The lowest BCUT2D eigenvalue weighted by molar-refractivity contribution is -0.140. The highest BCUT2D eigenvalue weighted by molar-refractivity contribution is 8.00. The first kappa shape index (κ1) is 15.4. The van der Waals surface area contributed by atoms with E-state index in [1.807, 2.05) is 0 Å². The lowest BCUT2D eigenvalue weighted by Crippen LogP contribution is -2.18. The number of hydrogen-bond donors (Lipinski definition) is 2. The summed E-state index contributed by atoms with van der Waals surface area (Å²) in [7, 11) is 0. The summed E-state index contributed by atoms with van der Waals surface area (Å²) >= 11 is 1.14. The van der Waals surface area contributed by atoms with Crippen LogP contribution in [0.2, 0.25) is 0 Å². The molecule has 0 fully saturated rings. The molecular weight excluding hydrogens is 276 g/mol. The van der Waals surface area contributed by atoms with Gasteiger partial charge in [-0.25, -0.2) is 8.78 Å².